The van der Waals surface area contributed by atoms with Gasteiger partial charge in [-0.05, 0) is 62.4 Å². The van der Waals surface area contributed by atoms with Crippen LogP contribution in [0, 0.1) is 19.8 Å². The topological polar surface area (TPSA) is 78.4 Å². The number of benzene rings is 1. The lowest BCUT2D eigenvalue weighted by molar-refractivity contribution is -0.119. The quantitative estimate of drug-likeness (QED) is 0.798. The third-order valence-electron chi connectivity index (χ3n) is 4.22. The fourth-order valence-electron chi connectivity index (χ4n) is 2.77. The van der Waals surface area contributed by atoms with Gasteiger partial charge in [0, 0.05) is 5.69 Å². The van der Waals surface area contributed by atoms with E-state index < -0.39 is 5.97 Å². The van der Waals surface area contributed by atoms with Crippen molar-refractivity contribution in [3.8, 4) is 0 Å². The van der Waals surface area contributed by atoms with Crippen molar-refractivity contribution in [1.29, 1.82) is 0 Å². The van der Waals surface area contributed by atoms with Crippen molar-refractivity contribution in [2.75, 3.05) is 11.9 Å². The molecule has 2 unspecified atom stereocenters. The van der Waals surface area contributed by atoms with E-state index in [-0.39, 0.29) is 23.4 Å². The van der Waals surface area contributed by atoms with Crippen LogP contribution in [0.2, 0.25) is 0 Å². The van der Waals surface area contributed by atoms with Crippen LogP contribution < -0.4 is 10.6 Å². The number of anilines is 1. The first-order valence-electron chi connectivity index (χ1n) is 7.29. The molecule has 1 aliphatic heterocycles. The van der Waals surface area contributed by atoms with Crippen LogP contribution in [0.5, 0.6) is 0 Å². The van der Waals surface area contributed by atoms with Crippen molar-refractivity contribution >= 4 is 17.6 Å². The molecule has 1 amide bonds. The Bertz CT molecular complexity index is 569. The van der Waals surface area contributed by atoms with Crippen LogP contribution >= 0.6 is 0 Å². The molecule has 0 aromatic heterocycles. The monoisotopic (exact) mass is 290 g/mol. The number of nitrogens with one attached hydrogen (secondary N) is 2. The van der Waals surface area contributed by atoms with Gasteiger partial charge >= 0.3 is 5.97 Å². The molecule has 21 heavy (non-hydrogen) atoms. The molecule has 0 saturated carbocycles. The molecule has 1 fully saturated rings. The molecular formula is C16H22N2O3. The minimum absolute atomic E-state index is 0.0956. The van der Waals surface area contributed by atoms with Crippen molar-refractivity contribution in [2.45, 2.75) is 39.7 Å². The average molecular weight is 290 g/mol. The molecule has 0 bridgehead atoms. The number of rotatable bonds is 3. The Hall–Kier alpha value is -1.88. The second-order valence-electron chi connectivity index (χ2n) is 5.81. The van der Waals surface area contributed by atoms with Gasteiger partial charge in [-0.1, -0.05) is 6.92 Å². The molecule has 0 aliphatic carbocycles. The Morgan fingerprint density at radius 1 is 1.33 bits per heavy atom. The van der Waals surface area contributed by atoms with Crippen LogP contribution in [0.25, 0.3) is 0 Å². The number of carboxylic acids is 1. The summed E-state index contributed by atoms with van der Waals surface area (Å²) in [5.74, 6) is -0.790. The van der Waals surface area contributed by atoms with Gasteiger partial charge in [-0.15, -0.1) is 0 Å². The van der Waals surface area contributed by atoms with Gasteiger partial charge in [0.05, 0.1) is 11.6 Å². The van der Waals surface area contributed by atoms with Gasteiger partial charge < -0.3 is 15.7 Å². The van der Waals surface area contributed by atoms with Crippen molar-refractivity contribution in [1.82, 2.24) is 5.32 Å². The van der Waals surface area contributed by atoms with Crippen LogP contribution in [0.3, 0.4) is 0 Å². The summed E-state index contributed by atoms with van der Waals surface area (Å²) in [6, 6.07) is 3.12. The standard InChI is InChI=1S/C16H22N2O3/c1-9-5-4-6-17-14(9)15(19)18-12-7-10(2)11(3)13(8-12)16(20)21/h7-9,14,17H,4-6H2,1-3H3,(H,18,19)(H,20,21). The summed E-state index contributed by atoms with van der Waals surface area (Å²) in [5.41, 5.74) is 2.36. The number of amides is 1. The molecule has 3 N–H and O–H groups in total. The summed E-state index contributed by atoms with van der Waals surface area (Å²) in [6.07, 6.45) is 2.11. The summed E-state index contributed by atoms with van der Waals surface area (Å²) in [6.45, 7) is 6.52. The Morgan fingerprint density at radius 3 is 2.67 bits per heavy atom. The van der Waals surface area contributed by atoms with E-state index in [1.165, 1.54) is 6.07 Å². The Labute approximate surface area is 124 Å². The van der Waals surface area contributed by atoms with Gasteiger partial charge in [-0.25, -0.2) is 4.79 Å². The normalized spacial score (nSPS) is 21.9. The maximum absolute atomic E-state index is 12.3. The summed E-state index contributed by atoms with van der Waals surface area (Å²) >= 11 is 0. The summed E-state index contributed by atoms with van der Waals surface area (Å²) < 4.78 is 0. The third kappa shape index (κ3) is 3.42. The van der Waals surface area contributed by atoms with E-state index in [0.717, 1.165) is 30.5 Å². The molecule has 1 aromatic rings. The number of carbonyl (C=O) groups is 2. The SMILES string of the molecule is Cc1cc(NC(=O)C2NCCCC2C)cc(C(=O)O)c1C. The van der Waals surface area contributed by atoms with Crippen molar-refractivity contribution in [3.63, 3.8) is 0 Å². The summed E-state index contributed by atoms with van der Waals surface area (Å²) in [4.78, 5) is 23.6. The van der Waals surface area contributed by atoms with Crippen LogP contribution in [0.4, 0.5) is 5.69 Å². The van der Waals surface area contributed by atoms with Gasteiger partial charge in [0.15, 0.2) is 0 Å². The fraction of sp³-hybridized carbons (Fsp3) is 0.500. The largest absolute Gasteiger partial charge is 0.478 e. The molecule has 114 valence electrons. The first kappa shape index (κ1) is 15.5. The smallest absolute Gasteiger partial charge is 0.336 e. The number of hydrogen-bond acceptors (Lipinski definition) is 3. The fourth-order valence-corrected chi connectivity index (χ4v) is 2.77. The van der Waals surface area contributed by atoms with Gasteiger partial charge in [-0.2, -0.15) is 0 Å². The lowest BCUT2D eigenvalue weighted by Gasteiger charge is -2.29. The number of carboxylic acid groups (broad SMARTS) is 1. The zero-order valence-electron chi connectivity index (χ0n) is 12.7. The zero-order valence-corrected chi connectivity index (χ0v) is 12.7. The highest BCUT2D eigenvalue weighted by molar-refractivity contribution is 5.97. The minimum atomic E-state index is -0.976. The maximum Gasteiger partial charge on any atom is 0.336 e. The molecule has 1 saturated heterocycles. The number of carbonyl (C=O) groups excluding carboxylic acids is 1. The van der Waals surface area contributed by atoms with E-state index in [0.29, 0.717) is 5.69 Å². The molecule has 1 heterocycles. The predicted molar refractivity (Wildman–Crippen MR) is 81.7 cm³/mol. The third-order valence-corrected chi connectivity index (χ3v) is 4.22. The molecule has 1 aromatic carbocycles. The maximum atomic E-state index is 12.3. The molecule has 0 radical (unpaired) electrons. The predicted octanol–water partition coefficient (Wildman–Crippen LogP) is 2.33. The van der Waals surface area contributed by atoms with Gasteiger partial charge in [-0.3, -0.25) is 4.79 Å². The highest BCUT2D eigenvalue weighted by Crippen LogP contribution is 2.22. The van der Waals surface area contributed by atoms with E-state index in [2.05, 4.69) is 17.6 Å². The number of aromatic carboxylic acids is 1. The van der Waals surface area contributed by atoms with Gasteiger partial charge in [0.2, 0.25) is 5.91 Å². The molecular weight excluding hydrogens is 268 g/mol. The summed E-state index contributed by atoms with van der Waals surface area (Å²) in [7, 11) is 0. The van der Waals surface area contributed by atoms with E-state index in [9.17, 15) is 14.7 Å². The first-order valence-corrected chi connectivity index (χ1v) is 7.29. The second kappa shape index (κ2) is 6.26. The van der Waals surface area contributed by atoms with E-state index in [1.807, 2.05) is 13.0 Å². The summed E-state index contributed by atoms with van der Waals surface area (Å²) in [5, 5.41) is 15.3. The Balaban J connectivity index is 2.19. The number of piperidine rings is 1. The molecule has 1 aliphatic rings. The molecule has 0 spiro atoms. The molecule has 5 heteroatoms. The average Bonchev–Trinajstić information content (AvgIpc) is 2.42. The number of aryl methyl sites for hydroxylation is 1. The van der Waals surface area contributed by atoms with Crippen LogP contribution in [-0.4, -0.2) is 29.6 Å². The zero-order chi connectivity index (χ0) is 15.6. The molecule has 2 rings (SSSR count). The molecule has 5 nitrogen and oxygen atoms in total. The lowest BCUT2D eigenvalue weighted by Crippen LogP contribution is -2.48. The highest BCUT2D eigenvalue weighted by atomic mass is 16.4. The van der Waals surface area contributed by atoms with E-state index in [1.54, 1.807) is 6.92 Å². The van der Waals surface area contributed by atoms with Crippen LogP contribution in [0.1, 0.15) is 41.3 Å². The molecule has 2 atom stereocenters. The Morgan fingerprint density at radius 2 is 2.05 bits per heavy atom. The van der Waals surface area contributed by atoms with Gasteiger partial charge in [0.1, 0.15) is 0 Å². The lowest BCUT2D eigenvalue weighted by atomic mass is 9.92. The first-order chi connectivity index (χ1) is 9.90. The van der Waals surface area contributed by atoms with Crippen LogP contribution in [-0.2, 0) is 4.79 Å². The minimum Gasteiger partial charge on any atom is -0.478 e. The van der Waals surface area contributed by atoms with E-state index in [4.69, 9.17) is 0 Å². The number of hydrogen-bond donors (Lipinski definition) is 3. The Kier molecular flexibility index (Phi) is 4.63. The van der Waals surface area contributed by atoms with Crippen molar-refractivity contribution in [2.24, 2.45) is 5.92 Å². The van der Waals surface area contributed by atoms with Crippen molar-refractivity contribution in [3.05, 3.63) is 28.8 Å². The second-order valence-corrected chi connectivity index (χ2v) is 5.81. The van der Waals surface area contributed by atoms with Gasteiger partial charge in [0.25, 0.3) is 0 Å². The van der Waals surface area contributed by atoms with Crippen molar-refractivity contribution < 1.29 is 14.7 Å². The highest BCUT2D eigenvalue weighted by Gasteiger charge is 2.27. The van der Waals surface area contributed by atoms with Crippen LogP contribution in [0.15, 0.2) is 12.1 Å². The van der Waals surface area contributed by atoms with E-state index >= 15 is 0 Å².